The molecule has 112 valence electrons. The maximum atomic E-state index is 5.82. The van der Waals surface area contributed by atoms with Crippen LogP contribution in [0, 0.1) is 0 Å². The summed E-state index contributed by atoms with van der Waals surface area (Å²) in [6.45, 7) is 10.1. The fourth-order valence-electron chi connectivity index (χ4n) is 2.39. The van der Waals surface area contributed by atoms with E-state index in [1.165, 1.54) is 5.56 Å². The van der Waals surface area contributed by atoms with Crippen molar-refractivity contribution < 1.29 is 9.47 Å². The summed E-state index contributed by atoms with van der Waals surface area (Å²) >= 11 is 0. The Kier molecular flexibility index (Phi) is 5.44. The molecule has 0 unspecified atom stereocenters. The Hall–Kier alpha value is -1.06. The van der Waals surface area contributed by atoms with E-state index in [1.54, 1.807) is 0 Å². The summed E-state index contributed by atoms with van der Waals surface area (Å²) in [5.41, 5.74) is 1.52. The van der Waals surface area contributed by atoms with Crippen molar-refractivity contribution in [2.45, 2.75) is 45.1 Å². The van der Waals surface area contributed by atoms with Gasteiger partial charge in [-0.2, -0.15) is 0 Å². The molecule has 3 nitrogen and oxygen atoms in total. The standard InChI is InChI=1S/C17H27NO2/c1-17(2,3)14-4-6-15(7-5-14)19-12-13-20-16-8-10-18-11-9-16/h4-7,16,18H,8-13H2,1-3H3. The second kappa shape index (κ2) is 7.09. The van der Waals surface area contributed by atoms with E-state index in [-0.39, 0.29) is 5.41 Å². The smallest absolute Gasteiger partial charge is 0.119 e. The molecule has 1 saturated heterocycles. The number of rotatable bonds is 5. The van der Waals surface area contributed by atoms with E-state index >= 15 is 0 Å². The average molecular weight is 277 g/mol. The van der Waals surface area contributed by atoms with Crippen LogP contribution < -0.4 is 10.1 Å². The van der Waals surface area contributed by atoms with Gasteiger partial charge in [-0.1, -0.05) is 32.9 Å². The Morgan fingerprint density at radius 2 is 1.70 bits per heavy atom. The summed E-state index contributed by atoms with van der Waals surface area (Å²) in [6, 6.07) is 8.38. The molecule has 3 heteroatoms. The fourth-order valence-corrected chi connectivity index (χ4v) is 2.39. The first-order valence-electron chi connectivity index (χ1n) is 7.61. The number of ether oxygens (including phenoxy) is 2. The topological polar surface area (TPSA) is 30.5 Å². The molecule has 0 radical (unpaired) electrons. The number of hydrogen-bond acceptors (Lipinski definition) is 3. The van der Waals surface area contributed by atoms with E-state index in [1.807, 2.05) is 12.1 Å². The quantitative estimate of drug-likeness (QED) is 0.839. The van der Waals surface area contributed by atoms with Crippen LogP contribution in [0.15, 0.2) is 24.3 Å². The van der Waals surface area contributed by atoms with Crippen LogP contribution in [-0.4, -0.2) is 32.4 Å². The van der Waals surface area contributed by atoms with E-state index in [0.717, 1.165) is 31.7 Å². The maximum absolute atomic E-state index is 5.82. The lowest BCUT2D eigenvalue weighted by Gasteiger charge is -2.23. The zero-order valence-corrected chi connectivity index (χ0v) is 12.9. The molecular weight excluding hydrogens is 250 g/mol. The molecule has 0 aromatic heterocycles. The molecule has 0 bridgehead atoms. The first kappa shape index (κ1) is 15.3. The van der Waals surface area contributed by atoms with Gasteiger partial charge in [0.1, 0.15) is 12.4 Å². The third kappa shape index (κ3) is 4.80. The lowest BCUT2D eigenvalue weighted by Crippen LogP contribution is -2.33. The summed E-state index contributed by atoms with van der Waals surface area (Å²) < 4.78 is 11.5. The molecule has 1 fully saturated rings. The average Bonchev–Trinajstić information content (AvgIpc) is 2.44. The van der Waals surface area contributed by atoms with Gasteiger partial charge < -0.3 is 14.8 Å². The van der Waals surface area contributed by atoms with Crippen LogP contribution in [-0.2, 0) is 10.2 Å². The summed E-state index contributed by atoms with van der Waals surface area (Å²) in [5, 5.41) is 3.34. The van der Waals surface area contributed by atoms with Crippen molar-refractivity contribution in [1.82, 2.24) is 5.32 Å². The number of nitrogens with one attached hydrogen (secondary N) is 1. The Labute approximate surface area is 122 Å². The third-order valence-corrected chi connectivity index (χ3v) is 3.71. The lowest BCUT2D eigenvalue weighted by atomic mass is 9.87. The third-order valence-electron chi connectivity index (χ3n) is 3.71. The zero-order chi connectivity index (χ0) is 14.4. The molecule has 1 N–H and O–H groups in total. The van der Waals surface area contributed by atoms with Crippen LogP contribution >= 0.6 is 0 Å². The first-order chi connectivity index (χ1) is 9.55. The highest BCUT2D eigenvalue weighted by atomic mass is 16.5. The molecule has 20 heavy (non-hydrogen) atoms. The van der Waals surface area contributed by atoms with Crippen molar-refractivity contribution in [1.29, 1.82) is 0 Å². The Morgan fingerprint density at radius 1 is 1.05 bits per heavy atom. The maximum Gasteiger partial charge on any atom is 0.119 e. The predicted molar refractivity (Wildman–Crippen MR) is 82.5 cm³/mol. The normalized spacial score (nSPS) is 17.1. The zero-order valence-electron chi connectivity index (χ0n) is 12.9. The van der Waals surface area contributed by atoms with E-state index < -0.39 is 0 Å². The number of piperidine rings is 1. The van der Waals surface area contributed by atoms with E-state index in [0.29, 0.717) is 19.3 Å². The molecule has 0 atom stereocenters. The van der Waals surface area contributed by atoms with Crippen molar-refractivity contribution in [3.63, 3.8) is 0 Å². The van der Waals surface area contributed by atoms with Gasteiger partial charge in [0.25, 0.3) is 0 Å². The highest BCUT2D eigenvalue weighted by Crippen LogP contribution is 2.24. The van der Waals surface area contributed by atoms with Crippen LogP contribution in [0.25, 0.3) is 0 Å². The number of hydrogen-bond donors (Lipinski definition) is 1. The SMILES string of the molecule is CC(C)(C)c1ccc(OCCOC2CCNCC2)cc1. The Morgan fingerprint density at radius 3 is 2.30 bits per heavy atom. The van der Waals surface area contributed by atoms with Crippen LogP contribution in [0.2, 0.25) is 0 Å². The molecule has 0 amide bonds. The van der Waals surface area contributed by atoms with E-state index in [4.69, 9.17) is 9.47 Å². The molecule has 1 aliphatic heterocycles. The van der Waals surface area contributed by atoms with Crippen molar-refractivity contribution in [2.75, 3.05) is 26.3 Å². The predicted octanol–water partition coefficient (Wildman–Crippen LogP) is 3.13. The fraction of sp³-hybridized carbons (Fsp3) is 0.647. The van der Waals surface area contributed by atoms with E-state index in [9.17, 15) is 0 Å². The first-order valence-corrected chi connectivity index (χ1v) is 7.61. The minimum absolute atomic E-state index is 0.191. The highest BCUT2D eigenvalue weighted by molar-refractivity contribution is 5.31. The van der Waals surface area contributed by atoms with Gasteiger partial charge in [-0.3, -0.25) is 0 Å². The molecule has 0 saturated carbocycles. The largest absolute Gasteiger partial charge is 0.491 e. The minimum Gasteiger partial charge on any atom is -0.491 e. The summed E-state index contributed by atoms with van der Waals surface area (Å²) in [4.78, 5) is 0. The van der Waals surface area contributed by atoms with Gasteiger partial charge in [0, 0.05) is 0 Å². The molecule has 1 aromatic carbocycles. The minimum atomic E-state index is 0.191. The summed E-state index contributed by atoms with van der Waals surface area (Å²) in [5.74, 6) is 0.923. The van der Waals surface area contributed by atoms with Crippen molar-refractivity contribution in [2.24, 2.45) is 0 Å². The van der Waals surface area contributed by atoms with Gasteiger partial charge in [0.15, 0.2) is 0 Å². The molecular formula is C17H27NO2. The second-order valence-electron chi connectivity index (χ2n) is 6.44. The van der Waals surface area contributed by atoms with Gasteiger partial charge in [0.05, 0.1) is 12.7 Å². The van der Waals surface area contributed by atoms with Crippen LogP contribution in [0.5, 0.6) is 5.75 Å². The molecule has 2 rings (SSSR count). The van der Waals surface area contributed by atoms with Crippen molar-refractivity contribution in [3.8, 4) is 5.75 Å². The molecule has 1 heterocycles. The van der Waals surface area contributed by atoms with Crippen LogP contribution in [0.1, 0.15) is 39.2 Å². The lowest BCUT2D eigenvalue weighted by molar-refractivity contribution is 0.0168. The Bertz CT molecular complexity index is 388. The molecule has 1 aliphatic rings. The summed E-state index contributed by atoms with van der Waals surface area (Å²) in [6.07, 6.45) is 2.63. The van der Waals surface area contributed by atoms with Gasteiger partial charge >= 0.3 is 0 Å². The van der Waals surface area contributed by atoms with Crippen LogP contribution in [0.3, 0.4) is 0 Å². The molecule has 0 spiro atoms. The second-order valence-corrected chi connectivity index (χ2v) is 6.44. The van der Waals surface area contributed by atoms with Gasteiger partial charge in [-0.25, -0.2) is 0 Å². The van der Waals surface area contributed by atoms with Crippen molar-refractivity contribution >= 4 is 0 Å². The number of benzene rings is 1. The van der Waals surface area contributed by atoms with Crippen molar-refractivity contribution in [3.05, 3.63) is 29.8 Å². The molecule has 1 aromatic rings. The van der Waals surface area contributed by atoms with Gasteiger partial charge in [0.2, 0.25) is 0 Å². The highest BCUT2D eigenvalue weighted by Gasteiger charge is 2.14. The van der Waals surface area contributed by atoms with Gasteiger partial charge in [-0.05, 0) is 49.0 Å². The van der Waals surface area contributed by atoms with Gasteiger partial charge in [-0.15, -0.1) is 0 Å². The van der Waals surface area contributed by atoms with E-state index in [2.05, 4.69) is 38.2 Å². The monoisotopic (exact) mass is 277 g/mol. The molecule has 0 aliphatic carbocycles. The summed E-state index contributed by atoms with van der Waals surface area (Å²) in [7, 11) is 0. The Balaban J connectivity index is 1.68. The van der Waals surface area contributed by atoms with Crippen LogP contribution in [0.4, 0.5) is 0 Å².